The molecule has 1 aliphatic rings. The first-order valence-corrected chi connectivity index (χ1v) is 10.5. The van der Waals surface area contributed by atoms with Crippen molar-refractivity contribution in [2.45, 2.75) is 24.9 Å². The maximum absolute atomic E-state index is 12.8. The Morgan fingerprint density at radius 2 is 1.63 bits per heavy atom. The maximum Gasteiger partial charge on any atom is 0.234 e. The van der Waals surface area contributed by atoms with E-state index in [0.29, 0.717) is 33.1 Å². The Balaban J connectivity index is 1.48. The summed E-state index contributed by atoms with van der Waals surface area (Å²) in [6, 6.07) is 11.6. The molecule has 3 aromatic rings. The van der Waals surface area contributed by atoms with Crippen LogP contribution in [-0.4, -0.2) is 38.0 Å². The van der Waals surface area contributed by atoms with Crippen LogP contribution in [0.4, 0.5) is 5.69 Å². The number of carbonyl (C=O) groups excluding carboxylic acids is 3. The van der Waals surface area contributed by atoms with Gasteiger partial charge in [-0.05, 0) is 18.2 Å². The highest BCUT2D eigenvalue weighted by atomic mass is 32.2. The van der Waals surface area contributed by atoms with E-state index in [1.165, 1.54) is 11.8 Å². The minimum atomic E-state index is -0.232. The van der Waals surface area contributed by atoms with Gasteiger partial charge in [0.05, 0.1) is 5.75 Å². The molecule has 8 heteroatoms. The minimum Gasteiger partial charge on any atom is -0.325 e. The number of anilines is 1. The third-order valence-corrected chi connectivity index (χ3v) is 5.95. The second-order valence-corrected chi connectivity index (χ2v) is 8.30. The van der Waals surface area contributed by atoms with E-state index in [2.05, 4.69) is 15.5 Å². The van der Waals surface area contributed by atoms with Gasteiger partial charge >= 0.3 is 0 Å². The summed E-state index contributed by atoms with van der Waals surface area (Å²) >= 11 is 1.29. The number of ketones is 2. The molecule has 1 heterocycles. The van der Waals surface area contributed by atoms with E-state index in [9.17, 15) is 14.4 Å². The van der Waals surface area contributed by atoms with Crippen LogP contribution in [0.5, 0.6) is 0 Å². The summed E-state index contributed by atoms with van der Waals surface area (Å²) in [6.07, 6.45) is 0. The summed E-state index contributed by atoms with van der Waals surface area (Å²) in [5.74, 6) is 0.617. The number of amides is 1. The van der Waals surface area contributed by atoms with Gasteiger partial charge in [0.1, 0.15) is 5.82 Å². The predicted octanol–water partition coefficient (Wildman–Crippen LogP) is 3.44. The average molecular weight is 420 g/mol. The number of nitrogens with zero attached hydrogens (tertiary/aromatic N) is 3. The summed E-state index contributed by atoms with van der Waals surface area (Å²) in [6.45, 7) is 4.07. The number of benzene rings is 2. The SMILES string of the molecule is CC(C)c1nnc(SCC(=O)Nc2ccc3c(c2)C(=O)c2ccccc2C3=O)n1C. The van der Waals surface area contributed by atoms with Crippen LogP contribution >= 0.6 is 11.8 Å². The molecule has 1 aliphatic carbocycles. The first kappa shape index (κ1) is 20.0. The molecule has 7 nitrogen and oxygen atoms in total. The molecule has 4 rings (SSSR count). The van der Waals surface area contributed by atoms with Crippen molar-refractivity contribution in [2.75, 3.05) is 11.1 Å². The van der Waals surface area contributed by atoms with Crippen molar-refractivity contribution >= 4 is 34.9 Å². The molecular weight excluding hydrogens is 400 g/mol. The van der Waals surface area contributed by atoms with Gasteiger partial charge in [-0.2, -0.15) is 0 Å². The van der Waals surface area contributed by atoms with Crippen LogP contribution in [0, 0.1) is 0 Å². The number of rotatable bonds is 5. The Morgan fingerprint density at radius 1 is 1.00 bits per heavy atom. The van der Waals surface area contributed by atoms with Crippen molar-refractivity contribution < 1.29 is 14.4 Å². The van der Waals surface area contributed by atoms with Crippen molar-refractivity contribution in [3.63, 3.8) is 0 Å². The fourth-order valence-electron chi connectivity index (χ4n) is 3.46. The standard InChI is InChI=1S/C22H20N4O3S/c1-12(2)21-24-25-22(26(21)3)30-11-18(27)23-13-8-9-16-17(10-13)20(29)15-7-5-4-6-14(15)19(16)28/h4-10,12H,11H2,1-3H3,(H,23,27). The van der Waals surface area contributed by atoms with Gasteiger partial charge in [-0.3, -0.25) is 14.4 Å². The lowest BCUT2D eigenvalue weighted by molar-refractivity contribution is -0.113. The first-order chi connectivity index (χ1) is 14.4. The summed E-state index contributed by atoms with van der Waals surface area (Å²) in [5, 5.41) is 11.7. The van der Waals surface area contributed by atoms with Crippen LogP contribution in [0.3, 0.4) is 0 Å². The molecule has 0 radical (unpaired) electrons. The number of thioether (sulfide) groups is 1. The molecule has 1 amide bonds. The molecule has 0 unspecified atom stereocenters. The van der Waals surface area contributed by atoms with E-state index in [1.807, 2.05) is 25.5 Å². The maximum atomic E-state index is 12.8. The molecule has 0 saturated heterocycles. The average Bonchev–Trinajstić information content (AvgIpc) is 3.11. The Bertz CT molecular complexity index is 1180. The molecule has 0 spiro atoms. The molecule has 30 heavy (non-hydrogen) atoms. The molecular formula is C22H20N4O3S. The largest absolute Gasteiger partial charge is 0.325 e. The van der Waals surface area contributed by atoms with E-state index in [-0.39, 0.29) is 29.1 Å². The van der Waals surface area contributed by atoms with Gasteiger partial charge in [0.15, 0.2) is 16.7 Å². The lowest BCUT2D eigenvalue weighted by atomic mass is 9.84. The Kier molecular flexibility index (Phi) is 5.26. The van der Waals surface area contributed by atoms with Gasteiger partial charge in [0.25, 0.3) is 0 Å². The molecule has 0 aliphatic heterocycles. The third-order valence-electron chi connectivity index (χ3n) is 4.93. The minimum absolute atomic E-state index is 0.150. The zero-order valence-corrected chi connectivity index (χ0v) is 17.6. The molecule has 152 valence electrons. The van der Waals surface area contributed by atoms with Crippen molar-refractivity contribution in [2.24, 2.45) is 7.05 Å². The van der Waals surface area contributed by atoms with Crippen LogP contribution in [0.15, 0.2) is 47.6 Å². The number of hydrogen-bond donors (Lipinski definition) is 1. The highest BCUT2D eigenvalue weighted by Gasteiger charge is 2.29. The number of hydrogen-bond acceptors (Lipinski definition) is 6. The summed E-state index contributed by atoms with van der Waals surface area (Å²) in [5.41, 5.74) is 1.93. The van der Waals surface area contributed by atoms with Crippen LogP contribution in [0.2, 0.25) is 0 Å². The number of fused-ring (bicyclic) bond motifs is 2. The predicted molar refractivity (Wildman–Crippen MR) is 114 cm³/mol. The number of carbonyl (C=O) groups is 3. The fourth-order valence-corrected chi connectivity index (χ4v) is 4.18. The molecule has 0 bridgehead atoms. The van der Waals surface area contributed by atoms with E-state index in [4.69, 9.17) is 0 Å². The van der Waals surface area contributed by atoms with Gasteiger partial charge < -0.3 is 9.88 Å². The molecule has 0 fully saturated rings. The van der Waals surface area contributed by atoms with Crippen molar-refractivity contribution in [3.8, 4) is 0 Å². The fraction of sp³-hybridized carbons (Fsp3) is 0.227. The topological polar surface area (TPSA) is 94.0 Å². The van der Waals surface area contributed by atoms with E-state index in [0.717, 1.165) is 5.82 Å². The van der Waals surface area contributed by atoms with Gasteiger partial charge in [-0.1, -0.05) is 49.9 Å². The molecule has 1 N–H and O–H groups in total. The molecule has 0 atom stereocenters. The highest BCUT2D eigenvalue weighted by Crippen LogP contribution is 2.29. The van der Waals surface area contributed by atoms with Gasteiger partial charge in [0.2, 0.25) is 5.91 Å². The molecule has 1 aromatic heterocycles. The van der Waals surface area contributed by atoms with Gasteiger partial charge in [-0.25, -0.2) is 0 Å². The smallest absolute Gasteiger partial charge is 0.234 e. The zero-order chi connectivity index (χ0) is 21.4. The van der Waals surface area contributed by atoms with Crippen LogP contribution in [0.25, 0.3) is 0 Å². The van der Waals surface area contributed by atoms with Crippen LogP contribution < -0.4 is 5.32 Å². The Labute approximate surface area is 177 Å². The second kappa shape index (κ2) is 7.87. The lowest BCUT2D eigenvalue weighted by Crippen LogP contribution is -2.21. The highest BCUT2D eigenvalue weighted by molar-refractivity contribution is 7.99. The normalized spacial score (nSPS) is 12.7. The molecule has 0 saturated carbocycles. The van der Waals surface area contributed by atoms with E-state index >= 15 is 0 Å². The lowest BCUT2D eigenvalue weighted by Gasteiger charge is -2.18. The summed E-state index contributed by atoms with van der Waals surface area (Å²) in [7, 11) is 1.87. The number of aromatic nitrogens is 3. The summed E-state index contributed by atoms with van der Waals surface area (Å²) < 4.78 is 1.88. The number of nitrogens with one attached hydrogen (secondary N) is 1. The Hall–Kier alpha value is -3.26. The first-order valence-electron chi connectivity index (χ1n) is 9.51. The third kappa shape index (κ3) is 3.54. The van der Waals surface area contributed by atoms with Crippen LogP contribution in [0.1, 0.15) is 57.4 Å². The zero-order valence-electron chi connectivity index (χ0n) is 16.8. The van der Waals surface area contributed by atoms with E-state index in [1.54, 1.807) is 42.5 Å². The summed E-state index contributed by atoms with van der Waals surface area (Å²) in [4.78, 5) is 37.9. The van der Waals surface area contributed by atoms with Gasteiger partial charge in [0, 0.05) is 40.9 Å². The van der Waals surface area contributed by atoms with E-state index < -0.39 is 0 Å². The van der Waals surface area contributed by atoms with Gasteiger partial charge in [-0.15, -0.1) is 10.2 Å². The molecule has 2 aromatic carbocycles. The van der Waals surface area contributed by atoms with Crippen molar-refractivity contribution in [3.05, 3.63) is 70.5 Å². The van der Waals surface area contributed by atoms with Crippen molar-refractivity contribution in [1.82, 2.24) is 14.8 Å². The second-order valence-electron chi connectivity index (χ2n) is 7.36. The Morgan fingerprint density at radius 3 is 2.27 bits per heavy atom. The monoisotopic (exact) mass is 420 g/mol. The van der Waals surface area contributed by atoms with Crippen molar-refractivity contribution in [1.29, 1.82) is 0 Å². The quantitative estimate of drug-likeness (QED) is 0.497. The van der Waals surface area contributed by atoms with Crippen LogP contribution in [-0.2, 0) is 11.8 Å².